The van der Waals surface area contributed by atoms with Crippen LogP contribution in [0.4, 0.5) is 5.69 Å². The molecule has 116 valence electrons. The molecule has 1 aromatic rings. The molecule has 3 rings (SSSR count). The van der Waals surface area contributed by atoms with Crippen LogP contribution in [0.2, 0.25) is 5.02 Å². The summed E-state index contributed by atoms with van der Waals surface area (Å²) in [6.07, 6.45) is 5.17. The quantitative estimate of drug-likeness (QED) is 0.901. The molecule has 2 aliphatic rings. The number of hydrogen-bond acceptors (Lipinski definition) is 3. The van der Waals surface area contributed by atoms with Crippen molar-refractivity contribution in [2.75, 3.05) is 32.1 Å². The molecule has 0 amide bonds. The highest BCUT2D eigenvalue weighted by Crippen LogP contribution is 2.30. The molecule has 0 spiro atoms. The minimum absolute atomic E-state index is 0.566. The predicted octanol–water partition coefficient (Wildman–Crippen LogP) is 3.12. The van der Waals surface area contributed by atoms with Gasteiger partial charge in [0.05, 0.1) is 10.7 Å². The number of piperidine rings is 1. The van der Waals surface area contributed by atoms with Crippen molar-refractivity contribution < 1.29 is 0 Å². The molecular formula is C17H26ClN3. The van der Waals surface area contributed by atoms with Gasteiger partial charge in [0.1, 0.15) is 0 Å². The number of nitrogens with one attached hydrogen (secondary N) is 1. The third kappa shape index (κ3) is 3.91. The van der Waals surface area contributed by atoms with Crippen LogP contribution in [0.25, 0.3) is 0 Å². The second-order valence-electron chi connectivity index (χ2n) is 6.61. The molecule has 2 fully saturated rings. The van der Waals surface area contributed by atoms with Gasteiger partial charge in [-0.2, -0.15) is 0 Å². The Balaban J connectivity index is 1.65. The molecule has 0 bridgehead atoms. The van der Waals surface area contributed by atoms with Gasteiger partial charge in [-0.05, 0) is 57.0 Å². The summed E-state index contributed by atoms with van der Waals surface area (Å²) in [5.41, 5.74) is 2.44. The lowest BCUT2D eigenvalue weighted by Crippen LogP contribution is -2.45. The second-order valence-corrected chi connectivity index (χ2v) is 7.02. The van der Waals surface area contributed by atoms with Crippen LogP contribution in [0.15, 0.2) is 18.2 Å². The Morgan fingerprint density at radius 3 is 2.81 bits per heavy atom. The summed E-state index contributed by atoms with van der Waals surface area (Å²) in [5.74, 6) is 0. The normalized spacial score (nSPS) is 23.3. The zero-order valence-electron chi connectivity index (χ0n) is 13.1. The molecule has 0 radical (unpaired) electrons. The van der Waals surface area contributed by atoms with Crippen molar-refractivity contribution in [2.45, 2.75) is 44.3 Å². The molecule has 1 saturated carbocycles. The van der Waals surface area contributed by atoms with E-state index in [4.69, 9.17) is 11.6 Å². The van der Waals surface area contributed by atoms with Gasteiger partial charge in [-0.25, -0.2) is 0 Å². The molecule has 1 aliphatic heterocycles. The summed E-state index contributed by atoms with van der Waals surface area (Å²) in [4.78, 5) is 4.77. The maximum Gasteiger partial charge on any atom is 0.0642 e. The Morgan fingerprint density at radius 1 is 1.33 bits per heavy atom. The van der Waals surface area contributed by atoms with Crippen molar-refractivity contribution >= 4 is 17.3 Å². The lowest BCUT2D eigenvalue weighted by Gasteiger charge is -2.37. The lowest BCUT2D eigenvalue weighted by molar-refractivity contribution is 0.248. The maximum atomic E-state index is 6.53. The smallest absolute Gasteiger partial charge is 0.0642 e. The number of likely N-dealkylation sites (tertiary alicyclic amines) is 1. The SMILES string of the molecule is CN1CCCC(N(C)c2ccc(CNC3CC3)cc2Cl)C1. The first-order chi connectivity index (χ1) is 10.1. The van der Waals surface area contributed by atoms with E-state index in [2.05, 4.69) is 47.4 Å². The molecule has 1 aliphatic carbocycles. The molecule has 1 saturated heterocycles. The number of rotatable bonds is 5. The van der Waals surface area contributed by atoms with Crippen LogP contribution >= 0.6 is 11.6 Å². The zero-order chi connectivity index (χ0) is 14.8. The fourth-order valence-corrected chi connectivity index (χ4v) is 3.48. The van der Waals surface area contributed by atoms with Gasteiger partial charge in [0.15, 0.2) is 0 Å². The van der Waals surface area contributed by atoms with Crippen LogP contribution < -0.4 is 10.2 Å². The minimum atomic E-state index is 0.566. The Hall–Kier alpha value is -0.770. The molecule has 21 heavy (non-hydrogen) atoms. The van der Waals surface area contributed by atoms with E-state index in [1.54, 1.807) is 0 Å². The largest absolute Gasteiger partial charge is 0.369 e. The van der Waals surface area contributed by atoms with Crippen molar-refractivity contribution in [2.24, 2.45) is 0 Å². The molecule has 1 aromatic carbocycles. The number of likely N-dealkylation sites (N-methyl/N-ethyl adjacent to an activating group) is 2. The third-order valence-corrected chi connectivity index (χ3v) is 5.01. The molecule has 4 heteroatoms. The fraction of sp³-hybridized carbons (Fsp3) is 0.647. The summed E-state index contributed by atoms with van der Waals surface area (Å²) in [6, 6.07) is 7.82. The van der Waals surface area contributed by atoms with E-state index in [1.807, 2.05) is 0 Å². The standard InChI is InChI=1S/C17H26ClN3/c1-20-9-3-4-15(12-20)21(2)17-8-5-13(10-16(17)18)11-19-14-6-7-14/h5,8,10,14-15,19H,3-4,6-7,9,11-12H2,1-2H3. The highest BCUT2D eigenvalue weighted by Gasteiger charge is 2.23. The summed E-state index contributed by atoms with van der Waals surface area (Å²) >= 11 is 6.53. The molecule has 3 nitrogen and oxygen atoms in total. The van der Waals surface area contributed by atoms with Crippen molar-refractivity contribution in [1.29, 1.82) is 0 Å². The van der Waals surface area contributed by atoms with Gasteiger partial charge < -0.3 is 15.1 Å². The van der Waals surface area contributed by atoms with E-state index in [0.29, 0.717) is 6.04 Å². The summed E-state index contributed by atoms with van der Waals surface area (Å²) in [6.45, 7) is 3.27. The molecular weight excluding hydrogens is 282 g/mol. The first-order valence-electron chi connectivity index (χ1n) is 8.06. The average Bonchev–Trinajstić information content (AvgIpc) is 3.29. The van der Waals surface area contributed by atoms with Gasteiger partial charge in [-0.1, -0.05) is 17.7 Å². The Kier molecular flexibility index (Phi) is 4.72. The number of nitrogens with zero attached hydrogens (tertiary/aromatic N) is 2. The Morgan fingerprint density at radius 2 is 2.14 bits per heavy atom. The van der Waals surface area contributed by atoms with Crippen LogP contribution in [-0.2, 0) is 6.54 Å². The van der Waals surface area contributed by atoms with E-state index in [0.717, 1.165) is 29.8 Å². The van der Waals surface area contributed by atoms with E-state index in [9.17, 15) is 0 Å². The topological polar surface area (TPSA) is 18.5 Å². The number of benzene rings is 1. The Labute approximate surface area is 133 Å². The van der Waals surface area contributed by atoms with Crippen molar-refractivity contribution in [1.82, 2.24) is 10.2 Å². The van der Waals surface area contributed by atoms with E-state index in [1.165, 1.54) is 37.8 Å². The van der Waals surface area contributed by atoms with Crippen LogP contribution in [0.1, 0.15) is 31.2 Å². The van der Waals surface area contributed by atoms with E-state index >= 15 is 0 Å². The van der Waals surface area contributed by atoms with Crippen molar-refractivity contribution in [3.8, 4) is 0 Å². The predicted molar refractivity (Wildman–Crippen MR) is 90.2 cm³/mol. The average molecular weight is 308 g/mol. The fourth-order valence-electron chi connectivity index (χ4n) is 3.15. The van der Waals surface area contributed by atoms with Crippen LogP contribution in [0, 0.1) is 0 Å². The monoisotopic (exact) mass is 307 g/mol. The molecule has 1 unspecified atom stereocenters. The molecule has 0 aromatic heterocycles. The molecule has 1 N–H and O–H groups in total. The van der Waals surface area contributed by atoms with Gasteiger partial charge in [-0.3, -0.25) is 0 Å². The summed E-state index contributed by atoms with van der Waals surface area (Å²) in [7, 11) is 4.38. The minimum Gasteiger partial charge on any atom is -0.369 e. The van der Waals surface area contributed by atoms with E-state index in [-0.39, 0.29) is 0 Å². The lowest BCUT2D eigenvalue weighted by atomic mass is 10.0. The molecule has 1 atom stereocenters. The van der Waals surface area contributed by atoms with Crippen LogP contribution in [0.5, 0.6) is 0 Å². The number of halogens is 1. The number of anilines is 1. The Bertz CT molecular complexity index is 487. The van der Waals surface area contributed by atoms with Gasteiger partial charge in [0, 0.05) is 32.2 Å². The second kappa shape index (κ2) is 6.55. The van der Waals surface area contributed by atoms with Gasteiger partial charge >= 0.3 is 0 Å². The van der Waals surface area contributed by atoms with E-state index < -0.39 is 0 Å². The summed E-state index contributed by atoms with van der Waals surface area (Å²) < 4.78 is 0. The highest BCUT2D eigenvalue weighted by atomic mass is 35.5. The number of hydrogen-bond donors (Lipinski definition) is 1. The first kappa shape index (κ1) is 15.1. The van der Waals surface area contributed by atoms with Gasteiger partial charge in [0.25, 0.3) is 0 Å². The third-order valence-electron chi connectivity index (χ3n) is 4.71. The van der Waals surface area contributed by atoms with Crippen molar-refractivity contribution in [3.63, 3.8) is 0 Å². The van der Waals surface area contributed by atoms with Crippen LogP contribution in [0.3, 0.4) is 0 Å². The first-order valence-corrected chi connectivity index (χ1v) is 8.44. The maximum absolute atomic E-state index is 6.53. The van der Waals surface area contributed by atoms with Gasteiger partial charge in [0.2, 0.25) is 0 Å². The highest BCUT2D eigenvalue weighted by molar-refractivity contribution is 6.33. The summed E-state index contributed by atoms with van der Waals surface area (Å²) in [5, 5.41) is 4.41. The van der Waals surface area contributed by atoms with Crippen LogP contribution in [-0.4, -0.2) is 44.2 Å². The molecule has 1 heterocycles. The van der Waals surface area contributed by atoms with Crippen molar-refractivity contribution in [3.05, 3.63) is 28.8 Å². The zero-order valence-corrected chi connectivity index (χ0v) is 13.9. The van der Waals surface area contributed by atoms with Gasteiger partial charge in [-0.15, -0.1) is 0 Å².